The Morgan fingerprint density at radius 1 is 1.10 bits per heavy atom. The molecule has 4 aromatic rings. The van der Waals surface area contributed by atoms with Gasteiger partial charge >= 0.3 is 0 Å². The minimum Gasteiger partial charge on any atom is -0.467 e. The van der Waals surface area contributed by atoms with Crippen LogP contribution in [0.1, 0.15) is 18.2 Å². The van der Waals surface area contributed by atoms with Gasteiger partial charge in [0.15, 0.2) is 11.0 Å². The maximum Gasteiger partial charge on any atom is 0.233 e. The van der Waals surface area contributed by atoms with Crippen molar-refractivity contribution in [2.24, 2.45) is 0 Å². The molecule has 0 bridgehead atoms. The predicted octanol–water partition coefficient (Wildman–Crippen LogP) is 4.52. The van der Waals surface area contributed by atoms with E-state index in [4.69, 9.17) is 4.42 Å². The third-order valence-corrected chi connectivity index (χ3v) is 5.76. The standard InChI is InChI=1S/C23H21FN4O2S/c1-16(22(29)25-14-18-10-7-13-30-18)31-23-27-26-21(19-11-5-6-12-20(19)24)28(23)15-17-8-3-2-4-9-17/h2-13,16H,14-15H2,1H3,(H,25,29). The van der Waals surface area contributed by atoms with Crippen LogP contribution in [0.2, 0.25) is 0 Å². The Kier molecular flexibility index (Phi) is 6.47. The van der Waals surface area contributed by atoms with Gasteiger partial charge < -0.3 is 9.73 Å². The van der Waals surface area contributed by atoms with Crippen LogP contribution in [-0.4, -0.2) is 25.9 Å². The molecule has 0 saturated heterocycles. The van der Waals surface area contributed by atoms with Gasteiger partial charge in [-0.05, 0) is 36.8 Å². The molecule has 0 spiro atoms. The number of halogens is 1. The quantitative estimate of drug-likeness (QED) is 0.411. The highest BCUT2D eigenvalue weighted by atomic mass is 32.2. The summed E-state index contributed by atoms with van der Waals surface area (Å²) in [7, 11) is 0. The van der Waals surface area contributed by atoms with Crippen molar-refractivity contribution in [3.8, 4) is 11.4 Å². The van der Waals surface area contributed by atoms with Gasteiger partial charge in [-0.3, -0.25) is 9.36 Å². The molecule has 0 aliphatic rings. The number of carbonyl (C=O) groups excluding carboxylic acids is 1. The Morgan fingerprint density at radius 2 is 1.87 bits per heavy atom. The molecule has 2 aromatic heterocycles. The first-order valence-electron chi connectivity index (χ1n) is 9.80. The fourth-order valence-electron chi connectivity index (χ4n) is 3.07. The normalized spacial score (nSPS) is 11.9. The van der Waals surface area contributed by atoms with Gasteiger partial charge in [0.2, 0.25) is 5.91 Å². The summed E-state index contributed by atoms with van der Waals surface area (Å²) in [5, 5.41) is 11.5. The number of benzene rings is 2. The first kappa shape index (κ1) is 20.9. The molecule has 4 rings (SSSR count). The largest absolute Gasteiger partial charge is 0.467 e. The Labute approximate surface area is 183 Å². The molecule has 8 heteroatoms. The average Bonchev–Trinajstić information content (AvgIpc) is 3.44. The van der Waals surface area contributed by atoms with Crippen molar-refractivity contribution in [1.29, 1.82) is 0 Å². The molecule has 31 heavy (non-hydrogen) atoms. The summed E-state index contributed by atoms with van der Waals surface area (Å²) in [6.07, 6.45) is 1.57. The van der Waals surface area contributed by atoms with Crippen LogP contribution in [-0.2, 0) is 17.9 Å². The van der Waals surface area contributed by atoms with Crippen LogP contribution in [0.15, 0.2) is 82.6 Å². The highest BCUT2D eigenvalue weighted by Crippen LogP contribution is 2.29. The van der Waals surface area contributed by atoms with Crippen molar-refractivity contribution in [2.75, 3.05) is 0 Å². The van der Waals surface area contributed by atoms with Crippen LogP contribution in [0.25, 0.3) is 11.4 Å². The fourth-order valence-corrected chi connectivity index (χ4v) is 3.94. The molecule has 1 unspecified atom stereocenters. The summed E-state index contributed by atoms with van der Waals surface area (Å²) < 4.78 is 21.6. The van der Waals surface area contributed by atoms with E-state index < -0.39 is 5.25 Å². The summed E-state index contributed by atoms with van der Waals surface area (Å²) in [5.41, 5.74) is 1.39. The van der Waals surface area contributed by atoms with Crippen molar-refractivity contribution >= 4 is 17.7 Å². The van der Waals surface area contributed by atoms with E-state index >= 15 is 0 Å². The van der Waals surface area contributed by atoms with Gasteiger partial charge in [0.05, 0.1) is 30.2 Å². The second-order valence-electron chi connectivity index (χ2n) is 6.92. The molecule has 1 atom stereocenters. The zero-order chi connectivity index (χ0) is 21.6. The molecule has 0 aliphatic carbocycles. The lowest BCUT2D eigenvalue weighted by atomic mass is 10.2. The van der Waals surface area contributed by atoms with Crippen LogP contribution in [0.5, 0.6) is 0 Å². The second-order valence-corrected chi connectivity index (χ2v) is 8.22. The van der Waals surface area contributed by atoms with Crippen molar-refractivity contribution in [1.82, 2.24) is 20.1 Å². The number of nitrogens with one attached hydrogen (secondary N) is 1. The Morgan fingerprint density at radius 3 is 2.61 bits per heavy atom. The van der Waals surface area contributed by atoms with E-state index in [0.29, 0.717) is 35.4 Å². The van der Waals surface area contributed by atoms with E-state index in [1.165, 1.54) is 17.8 Å². The minimum absolute atomic E-state index is 0.150. The topological polar surface area (TPSA) is 73.0 Å². The molecule has 158 valence electrons. The number of rotatable bonds is 8. The Bertz CT molecular complexity index is 1150. The van der Waals surface area contributed by atoms with E-state index in [1.807, 2.05) is 34.9 Å². The molecular formula is C23H21FN4O2S. The van der Waals surface area contributed by atoms with Crippen molar-refractivity contribution in [3.63, 3.8) is 0 Å². The number of carbonyl (C=O) groups is 1. The van der Waals surface area contributed by atoms with Gasteiger partial charge in [-0.15, -0.1) is 10.2 Å². The van der Waals surface area contributed by atoms with Crippen molar-refractivity contribution in [2.45, 2.75) is 30.4 Å². The number of furan rings is 1. The lowest BCUT2D eigenvalue weighted by molar-refractivity contribution is -0.120. The second kappa shape index (κ2) is 9.61. The van der Waals surface area contributed by atoms with E-state index in [-0.39, 0.29) is 11.7 Å². The molecular weight excluding hydrogens is 415 g/mol. The van der Waals surface area contributed by atoms with Crippen molar-refractivity contribution < 1.29 is 13.6 Å². The minimum atomic E-state index is -0.429. The number of amides is 1. The summed E-state index contributed by atoms with van der Waals surface area (Å²) in [4.78, 5) is 12.6. The smallest absolute Gasteiger partial charge is 0.233 e. The highest BCUT2D eigenvalue weighted by molar-refractivity contribution is 8.00. The number of hydrogen-bond donors (Lipinski definition) is 1. The summed E-state index contributed by atoms with van der Waals surface area (Å²) >= 11 is 1.28. The average molecular weight is 437 g/mol. The molecule has 1 N–H and O–H groups in total. The maximum absolute atomic E-state index is 14.5. The van der Waals surface area contributed by atoms with Crippen LogP contribution in [0, 0.1) is 5.82 Å². The first-order chi connectivity index (χ1) is 15.1. The van der Waals surface area contributed by atoms with Crippen molar-refractivity contribution in [3.05, 3.63) is 90.1 Å². The molecule has 0 saturated carbocycles. The predicted molar refractivity (Wildman–Crippen MR) is 117 cm³/mol. The maximum atomic E-state index is 14.5. The van der Waals surface area contributed by atoms with Crippen LogP contribution < -0.4 is 5.32 Å². The van der Waals surface area contributed by atoms with E-state index in [1.54, 1.807) is 43.5 Å². The van der Waals surface area contributed by atoms with Gasteiger partial charge in [-0.25, -0.2) is 4.39 Å². The molecule has 2 heterocycles. The van der Waals surface area contributed by atoms with E-state index in [9.17, 15) is 9.18 Å². The molecule has 0 fully saturated rings. The lowest BCUT2D eigenvalue weighted by Gasteiger charge is -2.14. The Hall–Kier alpha value is -3.39. The number of aromatic nitrogens is 3. The zero-order valence-corrected chi connectivity index (χ0v) is 17.7. The molecule has 2 aromatic carbocycles. The monoisotopic (exact) mass is 436 g/mol. The summed E-state index contributed by atoms with van der Waals surface area (Å²) in [6, 6.07) is 19.8. The van der Waals surface area contributed by atoms with E-state index in [2.05, 4.69) is 15.5 Å². The van der Waals surface area contributed by atoms with Crippen LogP contribution in [0.4, 0.5) is 4.39 Å². The first-order valence-corrected chi connectivity index (χ1v) is 10.7. The Balaban J connectivity index is 1.57. The van der Waals surface area contributed by atoms with Crippen LogP contribution in [0.3, 0.4) is 0 Å². The molecule has 1 amide bonds. The number of thioether (sulfide) groups is 1. The van der Waals surface area contributed by atoms with Gasteiger partial charge in [-0.1, -0.05) is 54.2 Å². The SMILES string of the molecule is CC(Sc1nnc(-c2ccccc2F)n1Cc1ccccc1)C(=O)NCc1ccco1. The highest BCUT2D eigenvalue weighted by Gasteiger charge is 2.22. The summed E-state index contributed by atoms with van der Waals surface area (Å²) in [5.74, 6) is 0.584. The summed E-state index contributed by atoms with van der Waals surface area (Å²) in [6.45, 7) is 2.57. The molecule has 0 radical (unpaired) electrons. The zero-order valence-electron chi connectivity index (χ0n) is 16.9. The van der Waals surface area contributed by atoms with Crippen LogP contribution >= 0.6 is 11.8 Å². The molecule has 6 nitrogen and oxygen atoms in total. The lowest BCUT2D eigenvalue weighted by Crippen LogP contribution is -2.30. The number of hydrogen-bond acceptors (Lipinski definition) is 5. The fraction of sp³-hybridized carbons (Fsp3) is 0.174. The van der Waals surface area contributed by atoms with Gasteiger partial charge in [0.1, 0.15) is 11.6 Å². The van der Waals surface area contributed by atoms with Gasteiger partial charge in [0, 0.05) is 0 Å². The third kappa shape index (κ3) is 5.03. The van der Waals surface area contributed by atoms with Gasteiger partial charge in [0.25, 0.3) is 0 Å². The molecule has 0 aliphatic heterocycles. The van der Waals surface area contributed by atoms with E-state index in [0.717, 1.165) is 5.56 Å². The van der Waals surface area contributed by atoms with Gasteiger partial charge in [-0.2, -0.15) is 0 Å². The third-order valence-electron chi connectivity index (χ3n) is 4.68. The number of nitrogens with zero attached hydrogens (tertiary/aromatic N) is 3.